The third kappa shape index (κ3) is 5.77. The first-order valence-corrected chi connectivity index (χ1v) is 7.62. The van der Waals surface area contributed by atoms with Crippen molar-refractivity contribution in [2.24, 2.45) is 0 Å². The van der Waals surface area contributed by atoms with Crippen LogP contribution in [0.2, 0.25) is 0 Å². The van der Waals surface area contributed by atoms with Crippen LogP contribution in [-0.4, -0.2) is 23.1 Å². The van der Waals surface area contributed by atoms with E-state index in [1.807, 2.05) is 18.7 Å². The maximum atomic E-state index is 9.18. The Kier molecular flexibility index (Phi) is 6.23. The number of nitrogens with zero attached hydrogens (tertiary/aromatic N) is 1. The van der Waals surface area contributed by atoms with Crippen LogP contribution in [-0.2, 0) is 0 Å². The molecule has 0 radical (unpaired) electrons. The van der Waals surface area contributed by atoms with Crippen LogP contribution in [0.25, 0.3) is 0 Å². The molecular weight excluding hydrogens is 216 g/mol. The topological polar surface area (TPSA) is 35.8 Å². The summed E-state index contributed by atoms with van der Waals surface area (Å²) in [6, 6.07) is 3.06. The van der Waals surface area contributed by atoms with E-state index < -0.39 is 0 Å². The van der Waals surface area contributed by atoms with E-state index in [2.05, 4.69) is 18.3 Å². The quantitative estimate of drug-likeness (QED) is 0.628. The normalized spacial score (nSPS) is 19.1. The Balaban J connectivity index is 2.06. The van der Waals surface area contributed by atoms with Crippen LogP contribution >= 0.6 is 11.8 Å². The van der Waals surface area contributed by atoms with E-state index in [-0.39, 0.29) is 5.54 Å². The van der Waals surface area contributed by atoms with Crippen molar-refractivity contribution in [1.82, 2.24) is 5.32 Å². The highest BCUT2D eigenvalue weighted by Crippen LogP contribution is 2.25. The molecule has 1 saturated carbocycles. The minimum atomic E-state index is -0.281. The van der Waals surface area contributed by atoms with Crippen LogP contribution in [0, 0.1) is 11.3 Å². The van der Waals surface area contributed by atoms with Gasteiger partial charge in [0.1, 0.15) is 5.54 Å². The second-order valence-electron chi connectivity index (χ2n) is 4.93. The highest BCUT2D eigenvalue weighted by molar-refractivity contribution is 7.99. The van der Waals surface area contributed by atoms with Crippen molar-refractivity contribution in [2.45, 2.75) is 64.0 Å². The third-order valence-electron chi connectivity index (χ3n) is 2.91. The van der Waals surface area contributed by atoms with Gasteiger partial charge in [-0.05, 0) is 57.0 Å². The zero-order valence-electron chi connectivity index (χ0n) is 10.6. The minimum Gasteiger partial charge on any atom is -0.297 e. The molecule has 1 unspecified atom stereocenters. The molecule has 16 heavy (non-hydrogen) atoms. The Bertz CT molecular complexity index is 233. The molecule has 0 aromatic heterocycles. The van der Waals surface area contributed by atoms with Crippen LogP contribution in [0.15, 0.2) is 0 Å². The fourth-order valence-corrected chi connectivity index (χ4v) is 2.67. The van der Waals surface area contributed by atoms with Crippen molar-refractivity contribution in [3.8, 4) is 6.07 Å². The van der Waals surface area contributed by atoms with Gasteiger partial charge < -0.3 is 0 Å². The largest absolute Gasteiger partial charge is 0.297 e. The number of nitriles is 1. The molecule has 2 nitrogen and oxygen atoms in total. The molecule has 0 aliphatic heterocycles. The zero-order valence-corrected chi connectivity index (χ0v) is 11.4. The van der Waals surface area contributed by atoms with Gasteiger partial charge in [0.05, 0.1) is 6.07 Å². The summed E-state index contributed by atoms with van der Waals surface area (Å²) in [5.74, 6) is 2.52. The summed E-state index contributed by atoms with van der Waals surface area (Å²) in [6.45, 7) is 4.27. The first-order valence-electron chi connectivity index (χ1n) is 6.47. The first kappa shape index (κ1) is 13.9. The standard InChI is InChI=1S/C13H24N2S/c1-3-9-16-10-5-4-8-13(2,11-14)15-12-6-7-12/h12,15H,3-10H2,1-2H3. The van der Waals surface area contributed by atoms with Crippen LogP contribution in [0.1, 0.15) is 52.4 Å². The summed E-state index contributed by atoms with van der Waals surface area (Å²) in [6.07, 6.45) is 7.18. The monoisotopic (exact) mass is 240 g/mol. The number of hydrogen-bond acceptors (Lipinski definition) is 3. The molecule has 1 atom stereocenters. The van der Waals surface area contributed by atoms with E-state index in [4.69, 9.17) is 0 Å². The van der Waals surface area contributed by atoms with Gasteiger partial charge in [-0.3, -0.25) is 5.32 Å². The van der Waals surface area contributed by atoms with E-state index >= 15 is 0 Å². The fraction of sp³-hybridized carbons (Fsp3) is 0.923. The maximum absolute atomic E-state index is 9.18. The molecule has 0 bridgehead atoms. The van der Waals surface area contributed by atoms with Crippen molar-refractivity contribution in [1.29, 1.82) is 5.26 Å². The number of nitrogens with one attached hydrogen (secondary N) is 1. The van der Waals surface area contributed by atoms with Gasteiger partial charge in [0.15, 0.2) is 0 Å². The van der Waals surface area contributed by atoms with E-state index in [9.17, 15) is 5.26 Å². The van der Waals surface area contributed by atoms with Gasteiger partial charge in [0.25, 0.3) is 0 Å². The highest BCUT2D eigenvalue weighted by atomic mass is 32.2. The van der Waals surface area contributed by atoms with Gasteiger partial charge in [0, 0.05) is 6.04 Å². The number of hydrogen-bond donors (Lipinski definition) is 1. The van der Waals surface area contributed by atoms with Crippen molar-refractivity contribution in [2.75, 3.05) is 11.5 Å². The smallest absolute Gasteiger partial charge is 0.104 e. The SMILES string of the molecule is CCCSCCCCC(C)(C#N)NC1CC1. The van der Waals surface area contributed by atoms with Gasteiger partial charge in [-0.1, -0.05) is 6.92 Å². The average molecular weight is 240 g/mol. The zero-order chi connectivity index (χ0) is 11.9. The lowest BCUT2D eigenvalue weighted by molar-refractivity contribution is 0.402. The van der Waals surface area contributed by atoms with E-state index in [0.717, 1.165) is 6.42 Å². The number of unbranched alkanes of at least 4 members (excludes halogenated alkanes) is 1. The van der Waals surface area contributed by atoms with Crippen LogP contribution < -0.4 is 5.32 Å². The van der Waals surface area contributed by atoms with Gasteiger partial charge in [-0.25, -0.2) is 0 Å². The van der Waals surface area contributed by atoms with Gasteiger partial charge in [-0.15, -0.1) is 0 Å². The maximum Gasteiger partial charge on any atom is 0.104 e. The molecule has 0 heterocycles. The molecule has 0 aromatic rings. The molecule has 1 aliphatic carbocycles. The van der Waals surface area contributed by atoms with Crippen LogP contribution in [0.5, 0.6) is 0 Å². The Labute approximate surface area is 104 Å². The Morgan fingerprint density at radius 2 is 2.12 bits per heavy atom. The lowest BCUT2D eigenvalue weighted by atomic mass is 9.96. The van der Waals surface area contributed by atoms with Crippen molar-refractivity contribution < 1.29 is 0 Å². The predicted molar refractivity (Wildman–Crippen MR) is 71.6 cm³/mol. The van der Waals surface area contributed by atoms with Gasteiger partial charge >= 0.3 is 0 Å². The molecule has 1 aliphatic rings. The molecule has 0 spiro atoms. The Morgan fingerprint density at radius 1 is 1.38 bits per heavy atom. The minimum absolute atomic E-state index is 0.281. The summed E-state index contributed by atoms with van der Waals surface area (Å²) in [5, 5.41) is 12.6. The van der Waals surface area contributed by atoms with E-state index in [0.29, 0.717) is 6.04 Å². The summed E-state index contributed by atoms with van der Waals surface area (Å²) >= 11 is 2.03. The van der Waals surface area contributed by atoms with Crippen molar-refractivity contribution in [3.63, 3.8) is 0 Å². The van der Waals surface area contributed by atoms with Gasteiger partial charge in [-0.2, -0.15) is 17.0 Å². The molecule has 1 rings (SSSR count). The van der Waals surface area contributed by atoms with Crippen LogP contribution in [0.3, 0.4) is 0 Å². The molecule has 92 valence electrons. The molecule has 0 amide bonds. The van der Waals surface area contributed by atoms with Crippen LogP contribution in [0.4, 0.5) is 0 Å². The summed E-state index contributed by atoms with van der Waals surface area (Å²) in [7, 11) is 0. The van der Waals surface area contributed by atoms with E-state index in [1.54, 1.807) is 0 Å². The molecule has 1 fully saturated rings. The molecule has 3 heteroatoms. The molecule has 0 aromatic carbocycles. The molecule has 0 saturated heterocycles. The van der Waals surface area contributed by atoms with Crippen molar-refractivity contribution >= 4 is 11.8 Å². The Hall–Kier alpha value is -0.200. The van der Waals surface area contributed by atoms with Crippen molar-refractivity contribution in [3.05, 3.63) is 0 Å². The second kappa shape index (κ2) is 7.19. The third-order valence-corrected chi connectivity index (χ3v) is 4.18. The van der Waals surface area contributed by atoms with E-state index in [1.165, 1.54) is 43.6 Å². The first-order chi connectivity index (χ1) is 7.70. The lowest BCUT2D eigenvalue weighted by Crippen LogP contribution is -2.42. The number of rotatable bonds is 9. The highest BCUT2D eigenvalue weighted by Gasteiger charge is 2.31. The molecular formula is C13H24N2S. The fourth-order valence-electron chi connectivity index (χ4n) is 1.77. The number of thioether (sulfide) groups is 1. The Morgan fingerprint density at radius 3 is 2.69 bits per heavy atom. The summed E-state index contributed by atoms with van der Waals surface area (Å²) in [5.41, 5.74) is -0.281. The molecule has 1 N–H and O–H groups in total. The predicted octanol–water partition coefficient (Wildman–Crippen LogP) is 3.33. The summed E-state index contributed by atoms with van der Waals surface area (Å²) in [4.78, 5) is 0. The lowest BCUT2D eigenvalue weighted by Gasteiger charge is -2.23. The van der Waals surface area contributed by atoms with Gasteiger partial charge in [0.2, 0.25) is 0 Å². The second-order valence-corrected chi connectivity index (χ2v) is 6.16. The summed E-state index contributed by atoms with van der Waals surface area (Å²) < 4.78 is 0. The average Bonchev–Trinajstić information content (AvgIpc) is 3.07.